The molecule has 1 amide bonds. The van der Waals surface area contributed by atoms with Crippen LogP contribution in [0.3, 0.4) is 0 Å². The van der Waals surface area contributed by atoms with Gasteiger partial charge in [0.2, 0.25) is 0 Å². The minimum Gasteiger partial charge on any atom is -0.467 e. The molecular formula is C12H14FNO4. The van der Waals surface area contributed by atoms with Crippen LogP contribution in [0, 0.1) is 12.7 Å². The van der Waals surface area contributed by atoms with Crippen molar-refractivity contribution in [2.24, 2.45) is 0 Å². The quantitative estimate of drug-likeness (QED) is 0.763. The second-order valence-corrected chi connectivity index (χ2v) is 3.73. The van der Waals surface area contributed by atoms with Gasteiger partial charge in [0, 0.05) is 0 Å². The lowest BCUT2D eigenvalue weighted by atomic mass is 10.1. The number of hydrogen-bond donors (Lipinski definition) is 2. The Bertz CT molecular complexity index is 461. The van der Waals surface area contributed by atoms with Gasteiger partial charge in [-0.05, 0) is 24.6 Å². The number of methoxy groups -OCH3 is 1. The summed E-state index contributed by atoms with van der Waals surface area (Å²) in [6.07, 6.45) is -1.47. The maximum atomic E-state index is 13.4. The molecule has 18 heavy (non-hydrogen) atoms. The van der Waals surface area contributed by atoms with Crippen molar-refractivity contribution >= 4 is 11.9 Å². The van der Waals surface area contributed by atoms with Gasteiger partial charge >= 0.3 is 5.97 Å². The van der Waals surface area contributed by atoms with Crippen LogP contribution in [-0.4, -0.2) is 36.7 Å². The van der Waals surface area contributed by atoms with Gasteiger partial charge in [-0.25, -0.2) is 9.18 Å². The summed E-state index contributed by atoms with van der Waals surface area (Å²) in [4.78, 5) is 22.5. The fraction of sp³-hybridized carbons (Fsp3) is 0.333. The van der Waals surface area contributed by atoms with E-state index in [1.165, 1.54) is 12.1 Å². The monoisotopic (exact) mass is 255 g/mol. The average molecular weight is 255 g/mol. The maximum Gasteiger partial charge on any atom is 0.336 e. The third-order valence-electron chi connectivity index (χ3n) is 2.30. The fourth-order valence-electron chi connectivity index (χ4n) is 1.31. The summed E-state index contributed by atoms with van der Waals surface area (Å²) < 4.78 is 17.7. The van der Waals surface area contributed by atoms with Gasteiger partial charge in [0.25, 0.3) is 5.91 Å². The number of nitrogens with one attached hydrogen (secondary N) is 1. The SMILES string of the molecule is COC(=O)C(O)CNC(=O)c1ccc(C)cc1F. The Balaban J connectivity index is 2.63. The van der Waals surface area contributed by atoms with Gasteiger partial charge in [-0.1, -0.05) is 6.07 Å². The van der Waals surface area contributed by atoms with E-state index in [4.69, 9.17) is 0 Å². The lowest BCUT2D eigenvalue weighted by Gasteiger charge is -2.10. The van der Waals surface area contributed by atoms with Crippen LogP contribution in [0.4, 0.5) is 4.39 Å². The Morgan fingerprint density at radius 3 is 2.72 bits per heavy atom. The summed E-state index contributed by atoms with van der Waals surface area (Å²) >= 11 is 0. The summed E-state index contributed by atoms with van der Waals surface area (Å²) in [7, 11) is 1.12. The van der Waals surface area contributed by atoms with Crippen LogP contribution < -0.4 is 5.32 Å². The molecule has 0 radical (unpaired) electrons. The van der Waals surface area contributed by atoms with Crippen molar-refractivity contribution in [1.82, 2.24) is 5.32 Å². The third kappa shape index (κ3) is 3.53. The molecule has 0 saturated heterocycles. The molecule has 1 unspecified atom stereocenters. The number of carbonyl (C=O) groups is 2. The predicted molar refractivity (Wildman–Crippen MR) is 61.5 cm³/mol. The first-order valence-electron chi connectivity index (χ1n) is 5.26. The number of esters is 1. The van der Waals surface area contributed by atoms with Gasteiger partial charge in [-0.15, -0.1) is 0 Å². The number of aryl methyl sites for hydroxylation is 1. The normalized spacial score (nSPS) is 11.8. The van der Waals surface area contributed by atoms with Crippen LogP contribution in [0.1, 0.15) is 15.9 Å². The number of aliphatic hydroxyl groups is 1. The molecule has 98 valence electrons. The van der Waals surface area contributed by atoms with E-state index in [0.29, 0.717) is 5.56 Å². The first kappa shape index (κ1) is 14.1. The molecule has 1 aromatic rings. The maximum absolute atomic E-state index is 13.4. The molecule has 0 heterocycles. The molecule has 0 spiro atoms. The zero-order chi connectivity index (χ0) is 13.7. The van der Waals surface area contributed by atoms with E-state index in [9.17, 15) is 19.1 Å². The zero-order valence-electron chi connectivity index (χ0n) is 10.1. The van der Waals surface area contributed by atoms with Crippen molar-refractivity contribution < 1.29 is 23.8 Å². The number of benzene rings is 1. The summed E-state index contributed by atoms with van der Waals surface area (Å²) in [6.45, 7) is 1.37. The highest BCUT2D eigenvalue weighted by atomic mass is 19.1. The molecule has 5 nitrogen and oxygen atoms in total. The van der Waals surface area contributed by atoms with Crippen molar-refractivity contribution in [3.63, 3.8) is 0 Å². The molecule has 0 aliphatic rings. The van der Waals surface area contributed by atoms with Gasteiger partial charge < -0.3 is 15.2 Å². The highest BCUT2D eigenvalue weighted by Gasteiger charge is 2.18. The number of aliphatic hydroxyl groups excluding tert-OH is 1. The highest BCUT2D eigenvalue weighted by molar-refractivity contribution is 5.94. The number of rotatable bonds is 4. The summed E-state index contributed by atoms with van der Waals surface area (Å²) in [5, 5.41) is 11.5. The molecular weight excluding hydrogens is 241 g/mol. The Morgan fingerprint density at radius 1 is 1.50 bits per heavy atom. The molecule has 0 fully saturated rings. The van der Waals surface area contributed by atoms with Crippen molar-refractivity contribution in [2.75, 3.05) is 13.7 Å². The number of amides is 1. The molecule has 6 heteroatoms. The largest absolute Gasteiger partial charge is 0.467 e. The van der Waals surface area contributed by atoms with Crippen LogP contribution in [0.25, 0.3) is 0 Å². The minimum atomic E-state index is -1.47. The topological polar surface area (TPSA) is 75.6 Å². The molecule has 1 aromatic carbocycles. The van der Waals surface area contributed by atoms with E-state index >= 15 is 0 Å². The summed E-state index contributed by atoms with van der Waals surface area (Å²) in [5.74, 6) is -2.21. The number of carbonyl (C=O) groups excluding carboxylic acids is 2. The third-order valence-corrected chi connectivity index (χ3v) is 2.30. The van der Waals surface area contributed by atoms with E-state index in [1.807, 2.05) is 0 Å². The molecule has 0 bridgehead atoms. The molecule has 0 aliphatic heterocycles. The smallest absolute Gasteiger partial charge is 0.336 e. The van der Waals surface area contributed by atoms with E-state index < -0.39 is 23.8 Å². The van der Waals surface area contributed by atoms with Crippen LogP contribution >= 0.6 is 0 Å². The van der Waals surface area contributed by atoms with Gasteiger partial charge in [-0.2, -0.15) is 0 Å². The van der Waals surface area contributed by atoms with E-state index in [0.717, 1.165) is 7.11 Å². The van der Waals surface area contributed by atoms with E-state index in [1.54, 1.807) is 13.0 Å². The first-order chi connectivity index (χ1) is 8.45. The Kier molecular flexibility index (Phi) is 4.79. The number of halogens is 1. The number of ether oxygens (including phenoxy) is 1. The first-order valence-corrected chi connectivity index (χ1v) is 5.26. The molecule has 0 aromatic heterocycles. The zero-order valence-corrected chi connectivity index (χ0v) is 10.1. The molecule has 2 N–H and O–H groups in total. The average Bonchev–Trinajstić information content (AvgIpc) is 2.34. The van der Waals surface area contributed by atoms with Crippen LogP contribution in [0.2, 0.25) is 0 Å². The van der Waals surface area contributed by atoms with Gasteiger partial charge in [-0.3, -0.25) is 4.79 Å². The Labute approximate surface area is 104 Å². The lowest BCUT2D eigenvalue weighted by molar-refractivity contribution is -0.149. The summed E-state index contributed by atoms with van der Waals surface area (Å²) in [5.41, 5.74) is 0.552. The molecule has 0 saturated carbocycles. The van der Waals surface area contributed by atoms with Crippen LogP contribution in [0.15, 0.2) is 18.2 Å². The van der Waals surface area contributed by atoms with Crippen molar-refractivity contribution in [1.29, 1.82) is 0 Å². The lowest BCUT2D eigenvalue weighted by Crippen LogP contribution is -2.37. The second-order valence-electron chi connectivity index (χ2n) is 3.73. The van der Waals surface area contributed by atoms with Crippen LogP contribution in [0.5, 0.6) is 0 Å². The molecule has 1 rings (SSSR count). The highest BCUT2D eigenvalue weighted by Crippen LogP contribution is 2.09. The predicted octanol–water partition coefficient (Wildman–Crippen LogP) is 0.398. The Hall–Kier alpha value is -1.95. The summed E-state index contributed by atoms with van der Waals surface area (Å²) in [6, 6.07) is 4.16. The fourth-order valence-corrected chi connectivity index (χ4v) is 1.31. The van der Waals surface area contributed by atoms with Crippen molar-refractivity contribution in [2.45, 2.75) is 13.0 Å². The minimum absolute atomic E-state index is 0.141. The van der Waals surface area contributed by atoms with Crippen molar-refractivity contribution in [3.05, 3.63) is 35.1 Å². The Morgan fingerprint density at radius 2 is 2.17 bits per heavy atom. The van der Waals surface area contributed by atoms with Crippen LogP contribution in [-0.2, 0) is 9.53 Å². The van der Waals surface area contributed by atoms with Gasteiger partial charge in [0.05, 0.1) is 19.2 Å². The standard InChI is InChI=1S/C12H14FNO4/c1-7-3-4-8(9(13)5-7)11(16)14-6-10(15)12(17)18-2/h3-5,10,15H,6H2,1-2H3,(H,14,16). The van der Waals surface area contributed by atoms with E-state index in [2.05, 4.69) is 10.1 Å². The van der Waals surface area contributed by atoms with E-state index in [-0.39, 0.29) is 12.1 Å². The number of hydrogen-bond acceptors (Lipinski definition) is 4. The van der Waals surface area contributed by atoms with Crippen molar-refractivity contribution in [3.8, 4) is 0 Å². The molecule has 0 aliphatic carbocycles. The van der Waals surface area contributed by atoms with Gasteiger partial charge in [0.1, 0.15) is 5.82 Å². The second kappa shape index (κ2) is 6.11. The van der Waals surface area contributed by atoms with Gasteiger partial charge in [0.15, 0.2) is 6.10 Å². The molecule has 1 atom stereocenters.